The maximum Gasteiger partial charge on any atom is 0.280 e. The van der Waals surface area contributed by atoms with E-state index in [1.165, 1.54) is 11.2 Å². The number of hydrogen-bond acceptors (Lipinski definition) is 5. The molecule has 1 unspecified atom stereocenters. The summed E-state index contributed by atoms with van der Waals surface area (Å²) < 4.78 is 5.31. The van der Waals surface area contributed by atoms with Gasteiger partial charge >= 0.3 is 0 Å². The predicted octanol–water partition coefficient (Wildman–Crippen LogP) is 1.93. The quantitative estimate of drug-likeness (QED) is 0.714. The Kier molecular flexibility index (Phi) is 4.95. The average molecular weight is 341 g/mol. The summed E-state index contributed by atoms with van der Waals surface area (Å²) in [6, 6.07) is 10.0. The van der Waals surface area contributed by atoms with Crippen LogP contribution in [0.3, 0.4) is 0 Å². The van der Waals surface area contributed by atoms with E-state index in [1.54, 1.807) is 36.4 Å². The van der Waals surface area contributed by atoms with Crippen molar-refractivity contribution >= 4 is 16.9 Å². The lowest BCUT2D eigenvalue weighted by Gasteiger charge is -2.28. The van der Waals surface area contributed by atoms with Crippen LogP contribution in [0.5, 0.6) is 0 Å². The Bertz CT molecular complexity index is 913. The molecule has 2 heterocycles. The first-order valence-corrected chi connectivity index (χ1v) is 8.07. The number of fused-ring (bicyclic) bond motifs is 1. The van der Waals surface area contributed by atoms with E-state index in [0.29, 0.717) is 23.2 Å². The van der Waals surface area contributed by atoms with Crippen molar-refractivity contribution < 1.29 is 14.3 Å². The number of carbonyl (C=O) groups is 1. The van der Waals surface area contributed by atoms with Crippen molar-refractivity contribution in [3.63, 3.8) is 0 Å². The molecule has 0 spiro atoms. The molecule has 3 aromatic rings. The summed E-state index contributed by atoms with van der Waals surface area (Å²) in [5, 5.41) is 9.63. The number of carbonyl (C=O) groups excluding carboxylic acids is 1. The van der Waals surface area contributed by atoms with Crippen LogP contribution in [0, 0.1) is 0 Å². The Morgan fingerprint density at radius 3 is 2.80 bits per heavy atom. The van der Waals surface area contributed by atoms with E-state index in [0.717, 1.165) is 0 Å². The number of rotatable bonds is 6. The number of hydrogen-bond donors (Lipinski definition) is 2. The highest BCUT2D eigenvalue weighted by molar-refractivity contribution is 5.93. The first-order chi connectivity index (χ1) is 12.1. The van der Waals surface area contributed by atoms with Gasteiger partial charge in [-0.15, -0.1) is 0 Å². The Morgan fingerprint density at radius 1 is 1.32 bits per heavy atom. The lowest BCUT2D eigenvalue weighted by Crippen LogP contribution is -2.44. The van der Waals surface area contributed by atoms with Gasteiger partial charge in [-0.05, 0) is 30.7 Å². The molecule has 0 bridgehead atoms. The first kappa shape index (κ1) is 16.9. The Labute approximate surface area is 143 Å². The van der Waals surface area contributed by atoms with Crippen LogP contribution in [-0.4, -0.2) is 38.5 Å². The fourth-order valence-electron chi connectivity index (χ4n) is 2.70. The minimum absolute atomic E-state index is 0.152. The predicted molar refractivity (Wildman–Crippen MR) is 92.1 cm³/mol. The summed E-state index contributed by atoms with van der Waals surface area (Å²) in [4.78, 5) is 33.6. The molecule has 1 atom stereocenters. The molecule has 0 aliphatic heterocycles. The summed E-state index contributed by atoms with van der Waals surface area (Å²) in [5.41, 5.74) is 0.342. The second-order valence-electron chi connectivity index (χ2n) is 5.69. The van der Waals surface area contributed by atoms with Crippen LogP contribution in [0.15, 0.2) is 51.9 Å². The van der Waals surface area contributed by atoms with E-state index in [4.69, 9.17) is 4.42 Å². The monoisotopic (exact) mass is 341 g/mol. The van der Waals surface area contributed by atoms with Crippen molar-refractivity contribution in [2.45, 2.75) is 25.9 Å². The molecule has 0 aliphatic rings. The van der Waals surface area contributed by atoms with Crippen LogP contribution in [0.1, 0.15) is 29.6 Å². The number of aliphatic hydroxyl groups is 1. The summed E-state index contributed by atoms with van der Waals surface area (Å²) in [5.74, 6) is 0.0294. The van der Waals surface area contributed by atoms with Gasteiger partial charge in [-0.1, -0.05) is 19.1 Å². The van der Waals surface area contributed by atoms with E-state index in [2.05, 4.69) is 9.97 Å². The summed E-state index contributed by atoms with van der Waals surface area (Å²) >= 11 is 0. The van der Waals surface area contributed by atoms with Crippen LogP contribution in [0.4, 0.5) is 0 Å². The van der Waals surface area contributed by atoms with Gasteiger partial charge in [0.25, 0.3) is 11.5 Å². The zero-order valence-corrected chi connectivity index (χ0v) is 13.8. The second kappa shape index (κ2) is 7.31. The Balaban J connectivity index is 2.01. The van der Waals surface area contributed by atoms with E-state index in [1.807, 2.05) is 6.92 Å². The summed E-state index contributed by atoms with van der Waals surface area (Å²) in [6.45, 7) is 1.80. The minimum Gasteiger partial charge on any atom is -0.467 e. The van der Waals surface area contributed by atoms with Crippen LogP contribution in [0.25, 0.3) is 11.0 Å². The highest BCUT2D eigenvalue weighted by Gasteiger charge is 2.27. The molecule has 0 aliphatic carbocycles. The van der Waals surface area contributed by atoms with Crippen molar-refractivity contribution in [3.8, 4) is 0 Å². The van der Waals surface area contributed by atoms with Crippen LogP contribution in [-0.2, 0) is 6.54 Å². The number of nitrogens with one attached hydrogen (secondary N) is 1. The number of H-pyrrole nitrogens is 1. The molecule has 0 saturated carbocycles. The van der Waals surface area contributed by atoms with Crippen LogP contribution in [0.2, 0.25) is 0 Å². The van der Waals surface area contributed by atoms with E-state index >= 15 is 0 Å². The topological polar surface area (TPSA) is 99.4 Å². The Hall–Kier alpha value is -2.93. The fourth-order valence-corrected chi connectivity index (χ4v) is 2.70. The molecule has 7 heteroatoms. The fraction of sp³-hybridized carbons (Fsp3) is 0.278. The zero-order chi connectivity index (χ0) is 17.8. The summed E-state index contributed by atoms with van der Waals surface area (Å²) in [7, 11) is 0. The molecule has 2 aromatic heterocycles. The van der Waals surface area contributed by atoms with Gasteiger partial charge in [-0.2, -0.15) is 0 Å². The van der Waals surface area contributed by atoms with Crippen molar-refractivity contribution in [3.05, 3.63) is 64.5 Å². The normalized spacial score (nSPS) is 12.2. The molecule has 2 N–H and O–H groups in total. The number of furan rings is 1. The molecule has 3 rings (SSSR count). The maximum absolute atomic E-state index is 13.0. The highest BCUT2D eigenvalue weighted by Crippen LogP contribution is 2.15. The van der Waals surface area contributed by atoms with E-state index in [-0.39, 0.29) is 18.8 Å². The molecule has 7 nitrogen and oxygen atoms in total. The van der Waals surface area contributed by atoms with Crippen molar-refractivity contribution in [1.29, 1.82) is 0 Å². The number of nitrogens with zero attached hydrogens (tertiary/aromatic N) is 2. The number of amides is 1. The molecule has 0 fully saturated rings. The van der Waals surface area contributed by atoms with Crippen LogP contribution >= 0.6 is 0 Å². The average Bonchev–Trinajstić information content (AvgIpc) is 3.14. The first-order valence-electron chi connectivity index (χ1n) is 8.07. The van der Waals surface area contributed by atoms with Crippen molar-refractivity contribution in [2.75, 3.05) is 6.61 Å². The highest BCUT2D eigenvalue weighted by atomic mass is 16.3. The van der Waals surface area contributed by atoms with E-state index in [9.17, 15) is 14.7 Å². The molecular weight excluding hydrogens is 322 g/mol. The third kappa shape index (κ3) is 3.46. The molecule has 1 aromatic carbocycles. The molecular formula is C18H19N3O4. The standard InChI is InChI=1S/C18H19N3O4/c1-2-12(11-22)21(10-13-6-5-9-25-13)18(24)16-17(23)20-15-8-4-3-7-14(15)19-16/h3-9,12,22H,2,10-11H2,1H3,(H,20,23). The van der Waals surface area contributed by atoms with E-state index < -0.39 is 17.5 Å². The van der Waals surface area contributed by atoms with Gasteiger partial charge in [-0.3, -0.25) is 9.59 Å². The van der Waals surface area contributed by atoms with Gasteiger partial charge in [0.15, 0.2) is 5.69 Å². The van der Waals surface area contributed by atoms with Gasteiger partial charge in [0.2, 0.25) is 0 Å². The third-order valence-electron chi connectivity index (χ3n) is 4.09. The molecule has 1 amide bonds. The molecule has 25 heavy (non-hydrogen) atoms. The number of para-hydroxylation sites is 2. The summed E-state index contributed by atoms with van der Waals surface area (Å²) in [6.07, 6.45) is 2.05. The lowest BCUT2D eigenvalue weighted by atomic mass is 10.1. The third-order valence-corrected chi connectivity index (χ3v) is 4.09. The SMILES string of the molecule is CCC(CO)N(Cc1ccco1)C(=O)c1nc2ccccc2[nH]c1=O. The zero-order valence-electron chi connectivity index (χ0n) is 13.8. The van der Waals surface area contributed by atoms with Crippen LogP contribution < -0.4 is 5.56 Å². The number of aromatic nitrogens is 2. The van der Waals surface area contributed by atoms with Gasteiger partial charge in [0, 0.05) is 0 Å². The largest absolute Gasteiger partial charge is 0.467 e. The van der Waals surface area contributed by atoms with Gasteiger partial charge in [-0.25, -0.2) is 4.98 Å². The smallest absolute Gasteiger partial charge is 0.280 e. The lowest BCUT2D eigenvalue weighted by molar-refractivity contribution is 0.0537. The van der Waals surface area contributed by atoms with Crippen molar-refractivity contribution in [2.24, 2.45) is 0 Å². The minimum atomic E-state index is -0.555. The second-order valence-corrected chi connectivity index (χ2v) is 5.69. The number of aromatic amines is 1. The number of benzene rings is 1. The number of aliphatic hydroxyl groups excluding tert-OH is 1. The van der Waals surface area contributed by atoms with Crippen molar-refractivity contribution in [1.82, 2.24) is 14.9 Å². The molecule has 0 saturated heterocycles. The van der Waals surface area contributed by atoms with Gasteiger partial charge < -0.3 is 19.4 Å². The molecule has 0 radical (unpaired) electrons. The maximum atomic E-state index is 13.0. The Morgan fingerprint density at radius 2 is 2.12 bits per heavy atom. The van der Waals surface area contributed by atoms with Gasteiger partial charge in [0.1, 0.15) is 5.76 Å². The molecule has 130 valence electrons. The van der Waals surface area contributed by atoms with Gasteiger partial charge in [0.05, 0.1) is 36.5 Å².